The van der Waals surface area contributed by atoms with E-state index in [2.05, 4.69) is 5.32 Å². The third kappa shape index (κ3) is 3.94. The van der Waals surface area contributed by atoms with Gasteiger partial charge >= 0.3 is 0 Å². The molecule has 1 N–H and O–H groups in total. The fourth-order valence-corrected chi connectivity index (χ4v) is 4.29. The van der Waals surface area contributed by atoms with Crippen LogP contribution in [0.5, 0.6) is 5.75 Å². The number of amides is 1. The zero-order valence-electron chi connectivity index (χ0n) is 14.0. The molecule has 0 atom stereocenters. The SMILES string of the molecule is CCOc1c(Cl)cc(/C=C2\NC(=S)N(C3CCCCC3)C2=O)cc1Cl. The Morgan fingerprint density at radius 2 is 1.92 bits per heavy atom. The molecule has 25 heavy (non-hydrogen) atoms. The first kappa shape index (κ1) is 18.5. The topological polar surface area (TPSA) is 41.6 Å². The largest absolute Gasteiger partial charge is 0.491 e. The highest BCUT2D eigenvalue weighted by atomic mass is 35.5. The monoisotopic (exact) mass is 398 g/mol. The summed E-state index contributed by atoms with van der Waals surface area (Å²) in [6.07, 6.45) is 7.24. The zero-order chi connectivity index (χ0) is 18.0. The molecule has 1 aromatic rings. The van der Waals surface area contributed by atoms with Gasteiger partial charge < -0.3 is 10.1 Å². The van der Waals surface area contributed by atoms with Crippen molar-refractivity contribution in [2.45, 2.75) is 45.1 Å². The number of carbonyl (C=O) groups is 1. The molecule has 1 aliphatic carbocycles. The van der Waals surface area contributed by atoms with Gasteiger partial charge in [-0.2, -0.15) is 0 Å². The van der Waals surface area contributed by atoms with Crippen LogP contribution >= 0.6 is 35.4 Å². The summed E-state index contributed by atoms with van der Waals surface area (Å²) in [5, 5.41) is 4.34. The number of benzene rings is 1. The Balaban J connectivity index is 1.84. The predicted octanol–water partition coefficient (Wildman–Crippen LogP) is 4.78. The lowest BCUT2D eigenvalue weighted by atomic mass is 9.94. The minimum atomic E-state index is -0.0852. The first-order chi connectivity index (χ1) is 12.0. The molecular weight excluding hydrogens is 379 g/mol. The molecule has 1 aromatic carbocycles. The fraction of sp³-hybridized carbons (Fsp3) is 0.444. The van der Waals surface area contributed by atoms with Gasteiger partial charge in [0.1, 0.15) is 5.70 Å². The lowest BCUT2D eigenvalue weighted by molar-refractivity contribution is -0.124. The molecule has 4 nitrogen and oxygen atoms in total. The maximum Gasteiger partial charge on any atom is 0.276 e. The summed E-state index contributed by atoms with van der Waals surface area (Å²) in [5.41, 5.74) is 1.18. The number of nitrogens with one attached hydrogen (secondary N) is 1. The van der Waals surface area contributed by atoms with E-state index in [0.29, 0.717) is 33.2 Å². The van der Waals surface area contributed by atoms with E-state index in [4.69, 9.17) is 40.2 Å². The summed E-state index contributed by atoms with van der Waals surface area (Å²) in [6, 6.07) is 3.65. The molecule has 1 saturated carbocycles. The van der Waals surface area contributed by atoms with Gasteiger partial charge in [0, 0.05) is 6.04 Å². The van der Waals surface area contributed by atoms with Gasteiger partial charge in [0.15, 0.2) is 10.9 Å². The van der Waals surface area contributed by atoms with Gasteiger partial charge in [-0.3, -0.25) is 9.69 Å². The Hall–Kier alpha value is -1.30. The molecule has 1 saturated heterocycles. The van der Waals surface area contributed by atoms with Crippen molar-refractivity contribution in [1.82, 2.24) is 10.2 Å². The number of carbonyl (C=O) groups excluding carboxylic acids is 1. The second kappa shape index (κ2) is 7.94. The first-order valence-corrected chi connectivity index (χ1v) is 9.65. The minimum Gasteiger partial charge on any atom is -0.491 e. The molecule has 0 spiro atoms. The van der Waals surface area contributed by atoms with Gasteiger partial charge in [-0.25, -0.2) is 0 Å². The van der Waals surface area contributed by atoms with E-state index < -0.39 is 0 Å². The lowest BCUT2D eigenvalue weighted by Gasteiger charge is -2.29. The van der Waals surface area contributed by atoms with Crippen molar-refractivity contribution < 1.29 is 9.53 Å². The normalized spacial score (nSPS) is 20.3. The second-order valence-electron chi connectivity index (χ2n) is 6.20. The van der Waals surface area contributed by atoms with E-state index in [1.807, 2.05) is 6.92 Å². The summed E-state index contributed by atoms with van der Waals surface area (Å²) >= 11 is 17.8. The lowest BCUT2D eigenvalue weighted by Crippen LogP contribution is -2.41. The van der Waals surface area contributed by atoms with Gasteiger partial charge in [-0.15, -0.1) is 0 Å². The maximum absolute atomic E-state index is 12.8. The molecule has 2 fully saturated rings. The summed E-state index contributed by atoms with van der Waals surface area (Å²) in [6.45, 7) is 2.34. The highest BCUT2D eigenvalue weighted by Gasteiger charge is 2.36. The summed E-state index contributed by atoms with van der Waals surface area (Å²) in [4.78, 5) is 14.5. The van der Waals surface area contributed by atoms with Crippen molar-refractivity contribution >= 4 is 52.5 Å². The molecular formula is C18H20Cl2N2O2S. The Kier molecular flexibility index (Phi) is 5.87. The molecule has 0 radical (unpaired) electrons. The van der Waals surface area contributed by atoms with Crippen LogP contribution < -0.4 is 10.1 Å². The van der Waals surface area contributed by atoms with Gasteiger partial charge in [0.05, 0.1) is 16.7 Å². The van der Waals surface area contributed by atoms with Crippen molar-refractivity contribution in [2.24, 2.45) is 0 Å². The molecule has 0 unspecified atom stereocenters. The number of hydrogen-bond donors (Lipinski definition) is 1. The van der Waals surface area contributed by atoms with Crippen LogP contribution in [-0.4, -0.2) is 28.6 Å². The summed E-state index contributed by atoms with van der Waals surface area (Å²) < 4.78 is 5.43. The molecule has 3 rings (SSSR count). The average Bonchev–Trinajstić information content (AvgIpc) is 2.85. The van der Waals surface area contributed by atoms with Gasteiger partial charge in [-0.05, 0) is 55.8 Å². The van der Waals surface area contributed by atoms with Crippen LogP contribution in [0.3, 0.4) is 0 Å². The van der Waals surface area contributed by atoms with Crippen molar-refractivity contribution in [3.63, 3.8) is 0 Å². The Morgan fingerprint density at radius 1 is 1.28 bits per heavy atom. The molecule has 7 heteroatoms. The molecule has 0 aromatic heterocycles. The van der Waals surface area contributed by atoms with Crippen molar-refractivity contribution in [3.8, 4) is 5.75 Å². The van der Waals surface area contributed by atoms with E-state index in [1.54, 1.807) is 23.1 Å². The number of thiocarbonyl (C=S) groups is 1. The van der Waals surface area contributed by atoms with Gasteiger partial charge in [0.25, 0.3) is 5.91 Å². The first-order valence-electron chi connectivity index (χ1n) is 8.49. The highest BCUT2D eigenvalue weighted by Crippen LogP contribution is 2.35. The third-order valence-electron chi connectivity index (χ3n) is 4.47. The second-order valence-corrected chi connectivity index (χ2v) is 7.40. The predicted molar refractivity (Wildman–Crippen MR) is 105 cm³/mol. The number of ether oxygens (including phenoxy) is 1. The molecule has 134 valence electrons. The highest BCUT2D eigenvalue weighted by molar-refractivity contribution is 7.80. The average molecular weight is 399 g/mol. The minimum absolute atomic E-state index is 0.0852. The fourth-order valence-electron chi connectivity index (χ4n) is 3.33. The van der Waals surface area contributed by atoms with Crippen LogP contribution in [0.15, 0.2) is 17.8 Å². The van der Waals surface area contributed by atoms with E-state index in [9.17, 15) is 4.79 Å². The standard InChI is InChI=1S/C18H20Cl2N2O2S/c1-2-24-16-13(19)8-11(9-14(16)20)10-15-17(23)22(18(25)21-15)12-6-4-3-5-7-12/h8-10,12H,2-7H2,1H3,(H,21,25)/b15-10-. The molecule has 0 bridgehead atoms. The molecule has 1 amide bonds. The third-order valence-corrected chi connectivity index (χ3v) is 5.33. The van der Waals surface area contributed by atoms with Crippen LogP contribution in [0.2, 0.25) is 10.0 Å². The summed E-state index contributed by atoms with van der Waals surface area (Å²) in [7, 11) is 0. The van der Waals surface area contributed by atoms with Crippen molar-refractivity contribution in [2.75, 3.05) is 6.61 Å². The van der Waals surface area contributed by atoms with Crippen molar-refractivity contribution in [1.29, 1.82) is 0 Å². The van der Waals surface area contributed by atoms with Gasteiger partial charge in [0.2, 0.25) is 0 Å². The zero-order valence-corrected chi connectivity index (χ0v) is 16.3. The van der Waals surface area contributed by atoms with Crippen LogP contribution in [0.1, 0.15) is 44.6 Å². The Labute approximate surface area is 163 Å². The quantitative estimate of drug-likeness (QED) is 0.584. The number of nitrogens with zero attached hydrogens (tertiary/aromatic N) is 1. The maximum atomic E-state index is 12.8. The van der Waals surface area contributed by atoms with Crippen LogP contribution in [0, 0.1) is 0 Å². The molecule has 1 aliphatic heterocycles. The Morgan fingerprint density at radius 3 is 2.52 bits per heavy atom. The summed E-state index contributed by atoms with van der Waals surface area (Å²) in [5.74, 6) is 0.371. The number of hydrogen-bond acceptors (Lipinski definition) is 3. The van der Waals surface area contributed by atoms with Crippen LogP contribution in [-0.2, 0) is 4.79 Å². The van der Waals surface area contributed by atoms with E-state index >= 15 is 0 Å². The smallest absolute Gasteiger partial charge is 0.276 e. The molecule has 2 aliphatic rings. The van der Waals surface area contributed by atoms with E-state index in [-0.39, 0.29) is 11.9 Å². The van der Waals surface area contributed by atoms with Crippen LogP contribution in [0.4, 0.5) is 0 Å². The Bertz CT molecular complexity index is 707. The van der Waals surface area contributed by atoms with Crippen molar-refractivity contribution in [3.05, 3.63) is 33.4 Å². The number of halogens is 2. The number of rotatable bonds is 4. The van der Waals surface area contributed by atoms with E-state index in [0.717, 1.165) is 31.2 Å². The van der Waals surface area contributed by atoms with Crippen LogP contribution in [0.25, 0.3) is 6.08 Å². The molecule has 1 heterocycles. The van der Waals surface area contributed by atoms with Gasteiger partial charge in [-0.1, -0.05) is 42.5 Å². The van der Waals surface area contributed by atoms with E-state index in [1.165, 1.54) is 6.42 Å².